The number of para-hydroxylation sites is 1. The minimum atomic E-state index is 0.537. The number of hydrogen-bond donors (Lipinski definition) is 1. The third kappa shape index (κ3) is 2.57. The molecule has 94 valence electrons. The fourth-order valence-electron chi connectivity index (χ4n) is 2.33. The van der Waals surface area contributed by atoms with Gasteiger partial charge in [0.2, 0.25) is 0 Å². The van der Waals surface area contributed by atoms with Crippen LogP contribution >= 0.6 is 0 Å². The molecule has 3 rings (SSSR count). The van der Waals surface area contributed by atoms with Crippen molar-refractivity contribution < 1.29 is 9.15 Å². The Bertz CT molecular complexity index is 493. The third-order valence-electron chi connectivity index (χ3n) is 3.27. The molecule has 0 saturated heterocycles. The number of furan rings is 1. The fraction of sp³-hybridized carbons (Fsp3) is 0.333. The number of fused-ring (bicyclic) bond motifs is 1. The van der Waals surface area contributed by atoms with E-state index in [2.05, 4.69) is 17.4 Å². The first-order chi connectivity index (χ1) is 8.92. The molecule has 1 N–H and O–H groups in total. The second-order valence-corrected chi connectivity index (χ2v) is 4.70. The van der Waals surface area contributed by atoms with Gasteiger partial charge in [0.05, 0.1) is 19.4 Å². The molecule has 0 bridgehead atoms. The average Bonchev–Trinajstić information content (AvgIpc) is 2.92. The van der Waals surface area contributed by atoms with E-state index in [1.807, 2.05) is 24.3 Å². The molecule has 1 unspecified atom stereocenters. The number of hydrogen-bond acceptors (Lipinski definition) is 3. The molecule has 1 aliphatic heterocycles. The van der Waals surface area contributed by atoms with Gasteiger partial charge in [-0.3, -0.25) is 0 Å². The van der Waals surface area contributed by atoms with Crippen molar-refractivity contribution in [2.45, 2.75) is 13.0 Å². The molecular formula is C15H17NO2. The Morgan fingerprint density at radius 2 is 2.11 bits per heavy atom. The van der Waals surface area contributed by atoms with E-state index in [0.29, 0.717) is 5.92 Å². The molecule has 2 aromatic rings. The van der Waals surface area contributed by atoms with Gasteiger partial charge in [-0.1, -0.05) is 18.2 Å². The van der Waals surface area contributed by atoms with Crippen LogP contribution in [0.15, 0.2) is 47.1 Å². The molecule has 0 fully saturated rings. The van der Waals surface area contributed by atoms with Crippen molar-refractivity contribution in [2.24, 2.45) is 5.92 Å². The SMILES string of the molecule is c1coc(CNCC2COc3ccccc3C2)c1. The summed E-state index contributed by atoms with van der Waals surface area (Å²) in [6.45, 7) is 2.53. The van der Waals surface area contributed by atoms with E-state index in [1.165, 1.54) is 5.56 Å². The van der Waals surface area contributed by atoms with Crippen LogP contribution in [0.1, 0.15) is 11.3 Å². The van der Waals surface area contributed by atoms with Crippen molar-refractivity contribution in [3.05, 3.63) is 54.0 Å². The second-order valence-electron chi connectivity index (χ2n) is 4.70. The Balaban J connectivity index is 1.51. The zero-order valence-electron chi connectivity index (χ0n) is 10.3. The summed E-state index contributed by atoms with van der Waals surface area (Å²) in [5.41, 5.74) is 1.31. The fourth-order valence-corrected chi connectivity index (χ4v) is 2.33. The number of nitrogens with one attached hydrogen (secondary N) is 1. The number of benzene rings is 1. The molecule has 1 aliphatic rings. The second kappa shape index (κ2) is 5.27. The smallest absolute Gasteiger partial charge is 0.122 e. The molecule has 18 heavy (non-hydrogen) atoms. The van der Waals surface area contributed by atoms with Crippen molar-refractivity contribution in [2.75, 3.05) is 13.2 Å². The van der Waals surface area contributed by atoms with Crippen molar-refractivity contribution >= 4 is 0 Å². The van der Waals surface area contributed by atoms with Crippen LogP contribution in [-0.2, 0) is 13.0 Å². The van der Waals surface area contributed by atoms with Gasteiger partial charge in [0.15, 0.2) is 0 Å². The highest BCUT2D eigenvalue weighted by Crippen LogP contribution is 2.26. The summed E-state index contributed by atoms with van der Waals surface area (Å²) in [7, 11) is 0. The monoisotopic (exact) mass is 243 g/mol. The zero-order valence-corrected chi connectivity index (χ0v) is 10.3. The first-order valence-corrected chi connectivity index (χ1v) is 6.35. The Morgan fingerprint density at radius 1 is 1.17 bits per heavy atom. The predicted octanol–water partition coefficient (Wildman–Crippen LogP) is 2.62. The summed E-state index contributed by atoms with van der Waals surface area (Å²) < 4.78 is 11.0. The van der Waals surface area contributed by atoms with Crippen LogP contribution in [-0.4, -0.2) is 13.2 Å². The zero-order chi connectivity index (χ0) is 12.2. The van der Waals surface area contributed by atoms with E-state index >= 15 is 0 Å². The first-order valence-electron chi connectivity index (χ1n) is 6.35. The van der Waals surface area contributed by atoms with Crippen LogP contribution in [0.5, 0.6) is 5.75 Å². The van der Waals surface area contributed by atoms with Crippen molar-refractivity contribution in [3.8, 4) is 5.75 Å². The molecule has 1 atom stereocenters. The lowest BCUT2D eigenvalue weighted by molar-refractivity contribution is 0.217. The molecule has 3 nitrogen and oxygen atoms in total. The maximum Gasteiger partial charge on any atom is 0.122 e. The van der Waals surface area contributed by atoms with Gasteiger partial charge in [-0.25, -0.2) is 0 Å². The average molecular weight is 243 g/mol. The van der Waals surface area contributed by atoms with Gasteiger partial charge in [0.1, 0.15) is 11.5 Å². The minimum Gasteiger partial charge on any atom is -0.493 e. The number of ether oxygens (including phenoxy) is 1. The normalized spacial score (nSPS) is 18.1. The summed E-state index contributed by atoms with van der Waals surface area (Å²) in [6, 6.07) is 12.2. The first kappa shape index (κ1) is 11.4. The molecule has 0 amide bonds. The summed E-state index contributed by atoms with van der Waals surface area (Å²) in [5, 5.41) is 3.41. The molecule has 0 spiro atoms. The van der Waals surface area contributed by atoms with E-state index in [4.69, 9.17) is 9.15 Å². The standard InChI is InChI=1S/C15H17NO2/c1-2-6-15-13(4-1)8-12(11-18-15)9-16-10-14-5-3-7-17-14/h1-7,12,16H,8-11H2. The van der Waals surface area contributed by atoms with Crippen LogP contribution in [0.25, 0.3) is 0 Å². The van der Waals surface area contributed by atoms with E-state index < -0.39 is 0 Å². The minimum absolute atomic E-state index is 0.537. The van der Waals surface area contributed by atoms with E-state index in [0.717, 1.165) is 37.6 Å². The third-order valence-corrected chi connectivity index (χ3v) is 3.27. The molecule has 1 aromatic carbocycles. The lowest BCUT2D eigenvalue weighted by atomic mass is 9.97. The quantitative estimate of drug-likeness (QED) is 0.896. The van der Waals surface area contributed by atoms with Crippen LogP contribution in [0.4, 0.5) is 0 Å². The summed E-state index contributed by atoms with van der Waals surface area (Å²) in [5.74, 6) is 2.56. The molecule has 2 heterocycles. The molecule has 0 aliphatic carbocycles. The topological polar surface area (TPSA) is 34.4 Å². The lowest BCUT2D eigenvalue weighted by Crippen LogP contribution is -2.31. The van der Waals surface area contributed by atoms with Crippen LogP contribution in [0.2, 0.25) is 0 Å². The van der Waals surface area contributed by atoms with E-state index in [1.54, 1.807) is 6.26 Å². The largest absolute Gasteiger partial charge is 0.493 e. The van der Waals surface area contributed by atoms with Crippen LogP contribution < -0.4 is 10.1 Å². The maximum atomic E-state index is 5.76. The lowest BCUT2D eigenvalue weighted by Gasteiger charge is -2.25. The summed E-state index contributed by atoms with van der Waals surface area (Å²) >= 11 is 0. The van der Waals surface area contributed by atoms with Gasteiger partial charge >= 0.3 is 0 Å². The van der Waals surface area contributed by atoms with Crippen LogP contribution in [0.3, 0.4) is 0 Å². The Morgan fingerprint density at radius 3 is 3.00 bits per heavy atom. The highest BCUT2D eigenvalue weighted by atomic mass is 16.5. The molecule has 1 aromatic heterocycles. The van der Waals surface area contributed by atoms with Gasteiger partial charge in [-0.2, -0.15) is 0 Å². The van der Waals surface area contributed by atoms with Crippen molar-refractivity contribution in [1.29, 1.82) is 0 Å². The Labute approximate surface area is 107 Å². The van der Waals surface area contributed by atoms with Gasteiger partial charge < -0.3 is 14.5 Å². The molecule has 0 saturated carbocycles. The summed E-state index contributed by atoms with van der Waals surface area (Å²) in [4.78, 5) is 0. The van der Waals surface area contributed by atoms with E-state index in [9.17, 15) is 0 Å². The van der Waals surface area contributed by atoms with Crippen molar-refractivity contribution in [1.82, 2.24) is 5.32 Å². The van der Waals surface area contributed by atoms with Gasteiger partial charge in [-0.05, 0) is 30.2 Å². The van der Waals surface area contributed by atoms with Gasteiger partial charge in [-0.15, -0.1) is 0 Å². The Hall–Kier alpha value is -1.74. The maximum absolute atomic E-state index is 5.76. The number of rotatable bonds is 4. The molecular weight excluding hydrogens is 226 g/mol. The molecule has 3 heteroatoms. The van der Waals surface area contributed by atoms with Crippen molar-refractivity contribution in [3.63, 3.8) is 0 Å². The molecule has 0 radical (unpaired) electrons. The van der Waals surface area contributed by atoms with Crippen LogP contribution in [0, 0.1) is 5.92 Å². The highest BCUT2D eigenvalue weighted by molar-refractivity contribution is 5.35. The predicted molar refractivity (Wildman–Crippen MR) is 69.5 cm³/mol. The summed E-state index contributed by atoms with van der Waals surface area (Å²) in [6.07, 6.45) is 2.79. The van der Waals surface area contributed by atoms with E-state index in [-0.39, 0.29) is 0 Å². The van der Waals surface area contributed by atoms with Gasteiger partial charge in [0.25, 0.3) is 0 Å². The highest BCUT2D eigenvalue weighted by Gasteiger charge is 2.18. The van der Waals surface area contributed by atoms with Gasteiger partial charge in [0, 0.05) is 12.5 Å². The Kier molecular flexibility index (Phi) is 3.33.